The number of ether oxygens (including phenoxy) is 1. The maximum Gasteiger partial charge on any atom is 0.387 e. The molecule has 1 fully saturated rings. The number of anilines is 1. The van der Waals surface area contributed by atoms with Crippen molar-refractivity contribution in [3.05, 3.63) is 24.3 Å². The average molecular weight is 284 g/mol. The molecule has 2 rings (SSSR count). The summed E-state index contributed by atoms with van der Waals surface area (Å²) in [5, 5.41) is 2.59. The predicted molar refractivity (Wildman–Crippen MR) is 67.5 cm³/mol. The van der Waals surface area contributed by atoms with Crippen molar-refractivity contribution in [2.45, 2.75) is 19.5 Å². The number of carbonyl (C=O) groups is 2. The third-order valence-electron chi connectivity index (χ3n) is 2.87. The topological polar surface area (TPSA) is 58.6 Å². The van der Waals surface area contributed by atoms with Crippen molar-refractivity contribution in [2.75, 3.05) is 18.4 Å². The van der Waals surface area contributed by atoms with Gasteiger partial charge in [0, 0.05) is 18.7 Å². The summed E-state index contributed by atoms with van der Waals surface area (Å²) in [4.78, 5) is 24.6. The summed E-state index contributed by atoms with van der Waals surface area (Å²) < 4.78 is 28.1. The first-order valence-electron chi connectivity index (χ1n) is 6.17. The third kappa shape index (κ3) is 3.91. The zero-order valence-corrected chi connectivity index (χ0v) is 10.6. The highest BCUT2D eigenvalue weighted by molar-refractivity contribution is 5.94. The van der Waals surface area contributed by atoms with Gasteiger partial charge in [0.2, 0.25) is 11.8 Å². The van der Waals surface area contributed by atoms with Gasteiger partial charge in [-0.1, -0.05) is 0 Å². The lowest BCUT2D eigenvalue weighted by Crippen LogP contribution is -2.33. The van der Waals surface area contributed by atoms with Gasteiger partial charge in [-0.2, -0.15) is 8.78 Å². The molecule has 1 aromatic rings. The second-order valence-corrected chi connectivity index (χ2v) is 4.37. The van der Waals surface area contributed by atoms with Crippen molar-refractivity contribution in [1.82, 2.24) is 4.90 Å². The summed E-state index contributed by atoms with van der Waals surface area (Å²) >= 11 is 0. The summed E-state index contributed by atoms with van der Waals surface area (Å²) in [7, 11) is 0. The number of hydrogen-bond acceptors (Lipinski definition) is 3. The van der Waals surface area contributed by atoms with E-state index in [9.17, 15) is 18.4 Å². The molecule has 1 N–H and O–H groups in total. The lowest BCUT2D eigenvalue weighted by atomic mass is 10.3. The molecule has 2 amide bonds. The van der Waals surface area contributed by atoms with Crippen LogP contribution in [0.2, 0.25) is 0 Å². The molecule has 108 valence electrons. The molecule has 1 saturated heterocycles. The van der Waals surface area contributed by atoms with Gasteiger partial charge in [0.1, 0.15) is 5.75 Å². The standard InChI is InChI=1S/C13H14F2N2O3/c14-13(15)20-10-5-3-9(4-6-10)16-11(18)8-17-7-1-2-12(17)19/h3-6,13H,1-2,7-8H2,(H,16,18). The Morgan fingerprint density at radius 3 is 2.60 bits per heavy atom. The molecule has 7 heteroatoms. The highest BCUT2D eigenvalue weighted by atomic mass is 19.3. The van der Waals surface area contributed by atoms with Crippen LogP contribution in [-0.2, 0) is 9.59 Å². The van der Waals surface area contributed by atoms with Crippen LogP contribution in [0.25, 0.3) is 0 Å². The van der Waals surface area contributed by atoms with Crippen LogP contribution in [0.1, 0.15) is 12.8 Å². The first kappa shape index (κ1) is 14.2. The molecule has 0 aliphatic carbocycles. The van der Waals surface area contributed by atoms with Crippen molar-refractivity contribution in [2.24, 2.45) is 0 Å². The molecule has 0 unspecified atom stereocenters. The minimum atomic E-state index is -2.88. The Kier molecular flexibility index (Phi) is 4.49. The molecule has 1 aliphatic rings. The van der Waals surface area contributed by atoms with Crippen LogP contribution in [0.15, 0.2) is 24.3 Å². The van der Waals surface area contributed by atoms with Gasteiger partial charge in [0.25, 0.3) is 0 Å². The number of carbonyl (C=O) groups excluding carboxylic acids is 2. The Bertz CT molecular complexity index is 491. The van der Waals surface area contributed by atoms with Crippen LogP contribution in [0, 0.1) is 0 Å². The fraction of sp³-hybridized carbons (Fsp3) is 0.385. The molecule has 5 nitrogen and oxygen atoms in total. The molecule has 0 radical (unpaired) electrons. The maximum absolute atomic E-state index is 12.0. The van der Waals surface area contributed by atoms with Crippen molar-refractivity contribution in [3.63, 3.8) is 0 Å². The summed E-state index contributed by atoms with van der Waals surface area (Å²) in [6.07, 6.45) is 1.25. The van der Waals surface area contributed by atoms with Gasteiger partial charge < -0.3 is 15.0 Å². The van der Waals surface area contributed by atoms with Crippen molar-refractivity contribution < 1.29 is 23.1 Å². The number of nitrogens with one attached hydrogen (secondary N) is 1. The van der Waals surface area contributed by atoms with Gasteiger partial charge in [0.05, 0.1) is 6.54 Å². The Morgan fingerprint density at radius 1 is 1.35 bits per heavy atom. The highest BCUT2D eigenvalue weighted by Crippen LogP contribution is 2.18. The number of halogens is 2. The van der Waals surface area contributed by atoms with Crippen LogP contribution in [0.3, 0.4) is 0 Å². The van der Waals surface area contributed by atoms with E-state index in [0.717, 1.165) is 6.42 Å². The Balaban J connectivity index is 1.86. The lowest BCUT2D eigenvalue weighted by molar-refractivity contribution is -0.131. The molecule has 1 aromatic carbocycles. The molecule has 0 atom stereocenters. The number of likely N-dealkylation sites (tertiary alicyclic amines) is 1. The van der Waals surface area contributed by atoms with E-state index in [1.165, 1.54) is 29.2 Å². The molecule has 0 saturated carbocycles. The van der Waals surface area contributed by atoms with Crippen molar-refractivity contribution in [3.8, 4) is 5.75 Å². The van der Waals surface area contributed by atoms with E-state index in [1.54, 1.807) is 0 Å². The number of nitrogens with zero attached hydrogens (tertiary/aromatic N) is 1. The van der Waals surface area contributed by atoms with Gasteiger partial charge in [-0.3, -0.25) is 9.59 Å². The number of alkyl halides is 2. The van der Waals surface area contributed by atoms with Crippen LogP contribution in [0.4, 0.5) is 14.5 Å². The van der Waals surface area contributed by atoms with Crippen molar-refractivity contribution in [1.29, 1.82) is 0 Å². The normalized spacial score (nSPS) is 14.8. The minimum Gasteiger partial charge on any atom is -0.435 e. The average Bonchev–Trinajstić information content (AvgIpc) is 2.77. The highest BCUT2D eigenvalue weighted by Gasteiger charge is 2.22. The fourth-order valence-corrected chi connectivity index (χ4v) is 1.96. The van der Waals surface area contributed by atoms with E-state index in [4.69, 9.17) is 0 Å². The van der Waals surface area contributed by atoms with Gasteiger partial charge in [-0.05, 0) is 30.7 Å². The van der Waals surface area contributed by atoms with Gasteiger partial charge in [-0.25, -0.2) is 0 Å². The molecule has 0 aromatic heterocycles. The van der Waals surface area contributed by atoms with Crippen LogP contribution < -0.4 is 10.1 Å². The molecule has 1 heterocycles. The molecule has 0 bridgehead atoms. The number of benzene rings is 1. The maximum atomic E-state index is 12.0. The zero-order chi connectivity index (χ0) is 14.5. The van der Waals surface area contributed by atoms with E-state index in [0.29, 0.717) is 18.7 Å². The Morgan fingerprint density at radius 2 is 2.05 bits per heavy atom. The molecule has 1 aliphatic heterocycles. The minimum absolute atomic E-state index is 0.00805. The zero-order valence-electron chi connectivity index (χ0n) is 10.6. The summed E-state index contributed by atoms with van der Waals surface area (Å²) in [5.74, 6) is -0.323. The van der Waals surface area contributed by atoms with Crippen LogP contribution in [0.5, 0.6) is 5.75 Å². The summed E-state index contributed by atoms with van der Waals surface area (Å²) in [6, 6.07) is 5.59. The van der Waals surface area contributed by atoms with E-state index in [2.05, 4.69) is 10.1 Å². The molecular weight excluding hydrogens is 270 g/mol. The quantitative estimate of drug-likeness (QED) is 0.897. The van der Waals surface area contributed by atoms with E-state index >= 15 is 0 Å². The number of amides is 2. The van der Waals surface area contributed by atoms with Gasteiger partial charge in [0.15, 0.2) is 0 Å². The SMILES string of the molecule is O=C(CN1CCCC1=O)Nc1ccc(OC(F)F)cc1. The van der Waals surface area contributed by atoms with Gasteiger partial charge in [-0.15, -0.1) is 0 Å². The Hall–Kier alpha value is -2.18. The molecular formula is C13H14F2N2O3. The third-order valence-corrected chi connectivity index (χ3v) is 2.87. The smallest absolute Gasteiger partial charge is 0.387 e. The predicted octanol–water partition coefficient (Wildman–Crippen LogP) is 1.85. The van der Waals surface area contributed by atoms with E-state index < -0.39 is 6.61 Å². The summed E-state index contributed by atoms with van der Waals surface area (Å²) in [5.41, 5.74) is 0.461. The molecule has 0 spiro atoms. The van der Waals surface area contributed by atoms with Gasteiger partial charge >= 0.3 is 6.61 Å². The van der Waals surface area contributed by atoms with E-state index in [-0.39, 0.29) is 24.1 Å². The second-order valence-electron chi connectivity index (χ2n) is 4.37. The van der Waals surface area contributed by atoms with Crippen LogP contribution >= 0.6 is 0 Å². The first-order valence-corrected chi connectivity index (χ1v) is 6.17. The second kappa shape index (κ2) is 6.31. The van der Waals surface area contributed by atoms with E-state index in [1.807, 2.05) is 0 Å². The Labute approximate surface area is 114 Å². The van der Waals surface area contributed by atoms with Crippen LogP contribution in [-0.4, -0.2) is 36.4 Å². The first-order chi connectivity index (χ1) is 9.54. The molecule has 20 heavy (non-hydrogen) atoms. The number of hydrogen-bond donors (Lipinski definition) is 1. The number of rotatable bonds is 5. The summed E-state index contributed by atoms with van der Waals surface area (Å²) in [6.45, 7) is -2.28. The lowest BCUT2D eigenvalue weighted by Gasteiger charge is -2.15. The fourth-order valence-electron chi connectivity index (χ4n) is 1.96. The largest absolute Gasteiger partial charge is 0.435 e. The monoisotopic (exact) mass is 284 g/mol. The van der Waals surface area contributed by atoms with Crippen molar-refractivity contribution >= 4 is 17.5 Å².